The highest BCUT2D eigenvalue weighted by Gasteiger charge is 1.94. The summed E-state index contributed by atoms with van der Waals surface area (Å²) < 4.78 is 0. The van der Waals surface area contributed by atoms with Crippen LogP contribution in [-0.4, -0.2) is 4.98 Å². The highest BCUT2D eigenvalue weighted by atomic mass is 35.5. The van der Waals surface area contributed by atoms with E-state index in [1.807, 2.05) is 0 Å². The van der Waals surface area contributed by atoms with E-state index in [-0.39, 0.29) is 12.4 Å². The molecule has 6 N–H and O–H groups in total. The van der Waals surface area contributed by atoms with E-state index in [4.69, 9.17) is 11.7 Å². The number of hydrazine groups is 2. The summed E-state index contributed by atoms with van der Waals surface area (Å²) in [4.78, 5) is 3.83. The number of pyridine rings is 1. The van der Waals surface area contributed by atoms with Gasteiger partial charge in [0.25, 0.3) is 0 Å². The summed E-state index contributed by atoms with van der Waals surface area (Å²) in [7, 11) is 0. The Balaban J connectivity index is 0.000001000. The van der Waals surface area contributed by atoms with Gasteiger partial charge in [0.15, 0.2) is 0 Å². The number of nitrogens with two attached hydrogens (primary N) is 2. The second-order valence-electron chi connectivity index (χ2n) is 1.71. The van der Waals surface area contributed by atoms with Crippen molar-refractivity contribution in [1.82, 2.24) is 4.98 Å². The number of halogens is 1. The molecule has 0 spiro atoms. The van der Waals surface area contributed by atoms with Crippen LogP contribution in [-0.2, 0) is 0 Å². The van der Waals surface area contributed by atoms with Crippen LogP contribution in [0.3, 0.4) is 0 Å². The fraction of sp³-hybridized carbons (Fsp3) is 0. The Labute approximate surface area is 70.5 Å². The summed E-state index contributed by atoms with van der Waals surface area (Å²) in [5.74, 6) is 10.3. The number of nitrogens with zero attached hydrogens (tertiary/aromatic N) is 1. The molecule has 0 saturated carbocycles. The third-order valence-electron chi connectivity index (χ3n) is 1.13. The lowest BCUT2D eigenvalue weighted by molar-refractivity contribution is 1.24. The molecule has 11 heavy (non-hydrogen) atoms. The number of hydrogen-bond acceptors (Lipinski definition) is 5. The molecule has 0 aliphatic carbocycles. The first-order valence-electron chi connectivity index (χ1n) is 2.75. The second-order valence-corrected chi connectivity index (χ2v) is 1.71. The summed E-state index contributed by atoms with van der Waals surface area (Å²) in [6.07, 6.45) is 3.20. The highest BCUT2D eigenvalue weighted by Crippen LogP contribution is 2.15. The van der Waals surface area contributed by atoms with E-state index in [9.17, 15) is 0 Å². The van der Waals surface area contributed by atoms with E-state index in [1.165, 1.54) is 0 Å². The predicted molar refractivity (Wildman–Crippen MR) is 47.1 cm³/mol. The fourth-order valence-corrected chi connectivity index (χ4v) is 0.635. The number of nitrogens with one attached hydrogen (secondary N) is 2. The van der Waals surface area contributed by atoms with Gasteiger partial charge in [0, 0.05) is 6.20 Å². The van der Waals surface area contributed by atoms with Crippen LogP contribution in [0.25, 0.3) is 0 Å². The lowest BCUT2D eigenvalue weighted by atomic mass is 10.4. The number of nitrogen functional groups attached to an aromatic ring is 2. The first kappa shape index (κ1) is 9.96. The van der Waals surface area contributed by atoms with Crippen LogP contribution in [0, 0.1) is 0 Å². The van der Waals surface area contributed by atoms with E-state index in [2.05, 4.69) is 15.8 Å². The summed E-state index contributed by atoms with van der Waals surface area (Å²) in [6.45, 7) is 0. The molecule has 1 heterocycles. The molecule has 0 unspecified atom stereocenters. The van der Waals surface area contributed by atoms with Crippen LogP contribution in [0.4, 0.5) is 11.4 Å². The molecule has 0 aliphatic heterocycles. The number of anilines is 2. The highest BCUT2D eigenvalue weighted by molar-refractivity contribution is 5.85. The third kappa shape index (κ3) is 2.23. The van der Waals surface area contributed by atoms with Gasteiger partial charge in [-0.05, 0) is 6.07 Å². The molecule has 0 fully saturated rings. The number of hydrogen-bond donors (Lipinski definition) is 4. The molecule has 1 aromatic heterocycles. The topological polar surface area (TPSA) is 89.0 Å². The summed E-state index contributed by atoms with van der Waals surface area (Å²) >= 11 is 0. The molecular weight excluding hydrogens is 166 g/mol. The first-order valence-corrected chi connectivity index (χ1v) is 2.75. The quantitative estimate of drug-likeness (QED) is 0.378. The maximum absolute atomic E-state index is 5.15. The molecule has 62 valence electrons. The Morgan fingerprint density at radius 2 is 1.82 bits per heavy atom. The molecule has 0 bridgehead atoms. The van der Waals surface area contributed by atoms with E-state index in [0.29, 0.717) is 5.69 Å². The monoisotopic (exact) mass is 175 g/mol. The molecule has 0 aromatic carbocycles. The summed E-state index contributed by atoms with van der Waals surface area (Å²) in [5.41, 5.74) is 6.30. The smallest absolute Gasteiger partial charge is 0.0917 e. The lowest BCUT2D eigenvalue weighted by Gasteiger charge is -2.04. The minimum atomic E-state index is 0. The molecule has 0 saturated heterocycles. The van der Waals surface area contributed by atoms with Crippen molar-refractivity contribution >= 4 is 23.8 Å². The van der Waals surface area contributed by atoms with Crippen molar-refractivity contribution in [3.8, 4) is 0 Å². The lowest BCUT2D eigenvalue weighted by Crippen LogP contribution is -2.13. The Kier molecular flexibility index (Phi) is 4.28. The first-order chi connectivity index (χ1) is 4.88. The van der Waals surface area contributed by atoms with E-state index >= 15 is 0 Å². The molecule has 1 rings (SSSR count). The Morgan fingerprint density at radius 3 is 2.27 bits per heavy atom. The fourth-order valence-electron chi connectivity index (χ4n) is 0.635. The van der Waals surface area contributed by atoms with Gasteiger partial charge in [-0.2, -0.15) is 0 Å². The van der Waals surface area contributed by atoms with Gasteiger partial charge in [0.05, 0.1) is 17.6 Å². The van der Waals surface area contributed by atoms with Crippen LogP contribution in [0.15, 0.2) is 18.5 Å². The molecule has 6 heteroatoms. The molecule has 1 aromatic rings. The van der Waals surface area contributed by atoms with Crippen molar-refractivity contribution < 1.29 is 0 Å². The van der Waals surface area contributed by atoms with E-state index < -0.39 is 0 Å². The SMILES string of the molecule is Cl.NNc1ccncc1NN. The van der Waals surface area contributed by atoms with Crippen molar-refractivity contribution in [3.05, 3.63) is 18.5 Å². The molecular formula is C5H10ClN5. The van der Waals surface area contributed by atoms with Crippen molar-refractivity contribution in [2.45, 2.75) is 0 Å². The van der Waals surface area contributed by atoms with Gasteiger partial charge in [0.2, 0.25) is 0 Å². The molecule has 0 aliphatic rings. The van der Waals surface area contributed by atoms with Crippen LogP contribution < -0.4 is 22.5 Å². The van der Waals surface area contributed by atoms with Gasteiger partial charge in [-0.1, -0.05) is 0 Å². The van der Waals surface area contributed by atoms with Crippen molar-refractivity contribution in [2.24, 2.45) is 11.7 Å². The minimum absolute atomic E-state index is 0. The molecule has 0 amide bonds. The standard InChI is InChI=1S/C5H9N5.ClH/c6-9-4-1-2-8-3-5(4)10-7;/h1-3,10H,6-7H2,(H,8,9);1H. The normalized spacial score (nSPS) is 8.18. The van der Waals surface area contributed by atoms with Gasteiger partial charge in [-0.3, -0.25) is 16.7 Å². The Hall–Kier alpha value is -1.04. The zero-order chi connectivity index (χ0) is 7.40. The van der Waals surface area contributed by atoms with Gasteiger partial charge in [-0.25, -0.2) is 0 Å². The summed E-state index contributed by atoms with van der Waals surface area (Å²) in [6, 6.07) is 1.72. The average molecular weight is 176 g/mol. The molecule has 5 nitrogen and oxygen atoms in total. The zero-order valence-corrected chi connectivity index (χ0v) is 6.56. The van der Waals surface area contributed by atoms with Crippen molar-refractivity contribution in [1.29, 1.82) is 0 Å². The maximum Gasteiger partial charge on any atom is 0.0917 e. The van der Waals surface area contributed by atoms with Gasteiger partial charge in [-0.15, -0.1) is 12.4 Å². The van der Waals surface area contributed by atoms with E-state index in [0.717, 1.165) is 5.69 Å². The van der Waals surface area contributed by atoms with Gasteiger partial charge in [0.1, 0.15) is 0 Å². The largest absolute Gasteiger partial charge is 0.322 e. The second kappa shape index (κ2) is 4.73. The van der Waals surface area contributed by atoms with Gasteiger partial charge < -0.3 is 10.9 Å². The van der Waals surface area contributed by atoms with Crippen LogP contribution in [0.1, 0.15) is 0 Å². The van der Waals surface area contributed by atoms with Crippen LogP contribution in [0.2, 0.25) is 0 Å². The summed E-state index contributed by atoms with van der Waals surface area (Å²) in [5, 5.41) is 0. The van der Waals surface area contributed by atoms with Crippen molar-refractivity contribution in [3.63, 3.8) is 0 Å². The van der Waals surface area contributed by atoms with Crippen LogP contribution in [0.5, 0.6) is 0 Å². The average Bonchev–Trinajstić information content (AvgIpc) is 2.04. The number of aromatic nitrogens is 1. The minimum Gasteiger partial charge on any atom is -0.322 e. The number of rotatable bonds is 2. The predicted octanol–water partition coefficient (Wildman–Crippen LogP) is 0.0746. The maximum atomic E-state index is 5.15. The third-order valence-corrected chi connectivity index (χ3v) is 1.13. The van der Waals surface area contributed by atoms with Crippen molar-refractivity contribution in [2.75, 3.05) is 10.9 Å². The van der Waals surface area contributed by atoms with E-state index in [1.54, 1.807) is 18.5 Å². The Morgan fingerprint density at radius 1 is 1.18 bits per heavy atom. The zero-order valence-electron chi connectivity index (χ0n) is 5.74. The van der Waals surface area contributed by atoms with Crippen LogP contribution >= 0.6 is 12.4 Å². The van der Waals surface area contributed by atoms with Gasteiger partial charge >= 0.3 is 0 Å². The molecule has 0 atom stereocenters. The molecule has 0 radical (unpaired) electrons. The Bertz CT molecular complexity index is 193.